The highest BCUT2D eigenvalue weighted by atomic mass is 32.2. The number of nitrogens with one attached hydrogen (secondary N) is 1. The van der Waals surface area contributed by atoms with E-state index < -0.39 is 10.0 Å². The molecule has 0 saturated carbocycles. The Kier molecular flexibility index (Phi) is 4.25. The largest absolute Gasteiger partial charge is 0.369 e. The summed E-state index contributed by atoms with van der Waals surface area (Å²) in [5.74, 6) is 0. The molecule has 144 valence electrons. The van der Waals surface area contributed by atoms with Gasteiger partial charge in [-0.2, -0.15) is 0 Å². The van der Waals surface area contributed by atoms with Crippen LogP contribution in [0.25, 0.3) is 10.8 Å². The molecule has 0 spiro atoms. The predicted octanol–water partition coefficient (Wildman–Crippen LogP) is 3.00. The van der Waals surface area contributed by atoms with Gasteiger partial charge in [-0.15, -0.1) is 0 Å². The zero-order valence-electron chi connectivity index (χ0n) is 15.6. The minimum atomic E-state index is -3.62. The lowest BCUT2D eigenvalue weighted by Gasteiger charge is -2.31. The van der Waals surface area contributed by atoms with Gasteiger partial charge in [0.2, 0.25) is 0 Å². The van der Waals surface area contributed by atoms with Crippen molar-refractivity contribution in [1.29, 1.82) is 0 Å². The minimum absolute atomic E-state index is 0.381. The number of anilines is 2. The lowest BCUT2D eigenvalue weighted by molar-refractivity contribution is 0.588. The fourth-order valence-electron chi connectivity index (χ4n) is 4.38. The molecule has 3 aromatic carbocycles. The van der Waals surface area contributed by atoms with E-state index in [2.05, 4.69) is 16.3 Å². The van der Waals surface area contributed by atoms with Crippen LogP contribution in [0.1, 0.15) is 5.56 Å². The Bertz CT molecular complexity index is 1130. The van der Waals surface area contributed by atoms with Gasteiger partial charge in [-0.3, -0.25) is 4.31 Å². The van der Waals surface area contributed by atoms with Crippen molar-refractivity contribution in [2.75, 3.05) is 41.9 Å². The maximum Gasteiger partial charge on any atom is 0.264 e. The van der Waals surface area contributed by atoms with Crippen LogP contribution in [0.2, 0.25) is 0 Å². The molecule has 5 nitrogen and oxygen atoms in total. The monoisotopic (exact) mass is 393 g/mol. The quantitative estimate of drug-likeness (QED) is 0.743. The molecular weight excluding hydrogens is 370 g/mol. The first kappa shape index (κ1) is 17.5. The van der Waals surface area contributed by atoms with Crippen LogP contribution in [0.4, 0.5) is 11.4 Å². The normalized spacial score (nSPS) is 17.1. The van der Waals surface area contributed by atoms with E-state index in [4.69, 9.17) is 0 Å². The summed E-state index contributed by atoms with van der Waals surface area (Å²) in [6, 6.07) is 19.2. The van der Waals surface area contributed by atoms with Gasteiger partial charge in [0, 0.05) is 49.4 Å². The molecule has 5 rings (SSSR count). The fourth-order valence-corrected chi connectivity index (χ4v) is 6.09. The first-order chi connectivity index (χ1) is 13.7. The van der Waals surface area contributed by atoms with Crippen molar-refractivity contribution in [3.8, 4) is 0 Å². The van der Waals surface area contributed by atoms with Crippen LogP contribution in [0.15, 0.2) is 65.6 Å². The summed E-state index contributed by atoms with van der Waals surface area (Å²) in [6.45, 7) is 4.31. The van der Waals surface area contributed by atoms with Crippen LogP contribution >= 0.6 is 0 Å². The Morgan fingerprint density at radius 3 is 2.36 bits per heavy atom. The second-order valence-corrected chi connectivity index (χ2v) is 9.15. The first-order valence-electron chi connectivity index (χ1n) is 9.74. The van der Waals surface area contributed by atoms with Gasteiger partial charge in [-0.1, -0.05) is 42.5 Å². The van der Waals surface area contributed by atoms with Gasteiger partial charge >= 0.3 is 0 Å². The lowest BCUT2D eigenvalue weighted by Crippen LogP contribution is -2.43. The molecule has 0 aliphatic carbocycles. The SMILES string of the molecule is O=S(=O)(c1cccc2ccccc12)N1CCc2c(N3CCNCC3)cccc21. The highest BCUT2D eigenvalue weighted by molar-refractivity contribution is 7.93. The number of sulfonamides is 1. The number of hydrogen-bond donors (Lipinski definition) is 1. The Balaban J connectivity index is 1.59. The van der Waals surface area contributed by atoms with E-state index in [0.717, 1.165) is 54.6 Å². The molecule has 0 radical (unpaired) electrons. The highest BCUT2D eigenvalue weighted by Crippen LogP contribution is 2.39. The fraction of sp³-hybridized carbons (Fsp3) is 0.273. The van der Waals surface area contributed by atoms with Gasteiger partial charge in [-0.05, 0) is 30.0 Å². The summed E-state index contributed by atoms with van der Waals surface area (Å²) in [7, 11) is -3.62. The molecule has 0 unspecified atom stereocenters. The van der Waals surface area contributed by atoms with Crippen LogP contribution in [0.5, 0.6) is 0 Å². The molecule has 1 N–H and O–H groups in total. The molecule has 3 aromatic rings. The zero-order chi connectivity index (χ0) is 19.1. The van der Waals surface area contributed by atoms with Crippen LogP contribution in [0, 0.1) is 0 Å². The van der Waals surface area contributed by atoms with Crippen molar-refractivity contribution in [2.45, 2.75) is 11.3 Å². The molecular formula is C22H23N3O2S. The van der Waals surface area contributed by atoms with Crippen molar-refractivity contribution in [3.63, 3.8) is 0 Å². The summed E-state index contributed by atoms with van der Waals surface area (Å²) >= 11 is 0. The number of benzene rings is 3. The van der Waals surface area contributed by atoms with Gasteiger partial charge in [-0.25, -0.2) is 8.42 Å². The average molecular weight is 394 g/mol. The van der Waals surface area contributed by atoms with E-state index in [1.807, 2.05) is 48.5 Å². The number of fused-ring (bicyclic) bond motifs is 2. The average Bonchev–Trinajstić information content (AvgIpc) is 3.19. The lowest BCUT2D eigenvalue weighted by atomic mass is 10.1. The first-order valence-corrected chi connectivity index (χ1v) is 11.2. The summed E-state index contributed by atoms with van der Waals surface area (Å²) in [5, 5.41) is 5.09. The maximum atomic E-state index is 13.6. The van der Waals surface area contributed by atoms with E-state index >= 15 is 0 Å². The van der Waals surface area contributed by atoms with Crippen molar-refractivity contribution >= 4 is 32.2 Å². The van der Waals surface area contributed by atoms with Crippen LogP contribution in [-0.2, 0) is 16.4 Å². The molecule has 28 heavy (non-hydrogen) atoms. The Morgan fingerprint density at radius 2 is 1.50 bits per heavy atom. The minimum Gasteiger partial charge on any atom is -0.369 e. The molecule has 0 atom stereocenters. The summed E-state index contributed by atoms with van der Waals surface area (Å²) in [6.07, 6.45) is 0.749. The van der Waals surface area contributed by atoms with Gasteiger partial charge in [0.15, 0.2) is 0 Å². The van der Waals surface area contributed by atoms with Gasteiger partial charge in [0.25, 0.3) is 10.0 Å². The molecule has 0 bridgehead atoms. The molecule has 1 fully saturated rings. The standard InChI is InChI=1S/C22H23N3O2S/c26-28(27,22-10-3-6-17-5-1-2-7-18(17)22)25-14-11-19-20(8-4-9-21(19)25)24-15-12-23-13-16-24/h1-10,23H,11-16H2. The zero-order valence-corrected chi connectivity index (χ0v) is 16.5. The second kappa shape index (κ2) is 6.79. The molecule has 2 aliphatic heterocycles. The predicted molar refractivity (Wildman–Crippen MR) is 114 cm³/mol. The van der Waals surface area contributed by atoms with E-state index in [0.29, 0.717) is 11.4 Å². The number of nitrogens with zero attached hydrogens (tertiary/aromatic N) is 2. The summed E-state index contributed by atoms with van der Waals surface area (Å²) < 4.78 is 28.8. The van der Waals surface area contributed by atoms with E-state index in [-0.39, 0.29) is 0 Å². The third-order valence-corrected chi connectivity index (χ3v) is 7.61. The summed E-state index contributed by atoms with van der Waals surface area (Å²) in [5.41, 5.74) is 3.15. The molecule has 6 heteroatoms. The van der Waals surface area contributed by atoms with Crippen molar-refractivity contribution in [3.05, 3.63) is 66.2 Å². The third-order valence-electron chi connectivity index (χ3n) is 5.74. The molecule has 0 amide bonds. The van der Waals surface area contributed by atoms with E-state index in [1.54, 1.807) is 10.4 Å². The maximum absolute atomic E-state index is 13.6. The van der Waals surface area contributed by atoms with Crippen molar-refractivity contribution in [2.24, 2.45) is 0 Å². The molecule has 0 aromatic heterocycles. The highest BCUT2D eigenvalue weighted by Gasteiger charge is 2.33. The third kappa shape index (κ3) is 2.75. The van der Waals surface area contributed by atoms with Crippen molar-refractivity contribution in [1.82, 2.24) is 5.32 Å². The van der Waals surface area contributed by atoms with Crippen LogP contribution in [0.3, 0.4) is 0 Å². The number of hydrogen-bond acceptors (Lipinski definition) is 4. The Labute approximate surface area is 165 Å². The van der Waals surface area contributed by atoms with Gasteiger partial charge in [0.05, 0.1) is 10.6 Å². The van der Waals surface area contributed by atoms with Crippen LogP contribution in [-0.4, -0.2) is 41.1 Å². The second-order valence-electron chi connectivity index (χ2n) is 7.32. The van der Waals surface area contributed by atoms with Gasteiger partial charge in [0.1, 0.15) is 0 Å². The molecule has 2 aliphatic rings. The smallest absolute Gasteiger partial charge is 0.264 e. The van der Waals surface area contributed by atoms with Crippen molar-refractivity contribution < 1.29 is 8.42 Å². The molecule has 1 saturated heterocycles. The topological polar surface area (TPSA) is 52.7 Å². The van der Waals surface area contributed by atoms with Crippen LogP contribution < -0.4 is 14.5 Å². The Morgan fingerprint density at radius 1 is 0.786 bits per heavy atom. The Hall–Kier alpha value is -2.57. The van der Waals surface area contributed by atoms with Gasteiger partial charge < -0.3 is 10.2 Å². The van der Waals surface area contributed by atoms with E-state index in [1.165, 1.54) is 5.69 Å². The number of piperazine rings is 1. The summed E-state index contributed by atoms with van der Waals surface area (Å²) in [4.78, 5) is 2.75. The molecule has 2 heterocycles. The number of rotatable bonds is 3. The van der Waals surface area contributed by atoms with E-state index in [9.17, 15) is 8.42 Å².